The number of pyridine rings is 1. The normalized spacial score (nSPS) is 14.5. The molecule has 0 spiro atoms. The number of nitrogens with zero attached hydrogens (tertiary/aromatic N) is 4. The molecular formula is C65H79N4OPt-3. The van der Waals surface area contributed by atoms with Gasteiger partial charge in [-0.25, -0.2) is 4.98 Å². The fourth-order valence-electron chi connectivity index (χ4n) is 9.79. The van der Waals surface area contributed by atoms with E-state index in [1.54, 1.807) is 0 Å². The first-order valence-corrected chi connectivity index (χ1v) is 25.4. The summed E-state index contributed by atoms with van der Waals surface area (Å²) in [5.74, 6) is 2.11. The first-order chi connectivity index (χ1) is 32.2. The fourth-order valence-corrected chi connectivity index (χ4v) is 9.79. The van der Waals surface area contributed by atoms with Crippen molar-refractivity contribution in [2.24, 2.45) is 10.8 Å². The van der Waals surface area contributed by atoms with E-state index >= 15 is 0 Å². The zero-order valence-corrected chi connectivity index (χ0v) is 48.8. The van der Waals surface area contributed by atoms with Crippen molar-refractivity contribution >= 4 is 33.2 Å². The molecule has 8 rings (SSSR count). The average Bonchev–Trinajstić information content (AvgIpc) is 3.83. The molecule has 2 aromatic heterocycles. The molecule has 378 valence electrons. The number of aromatic nitrogens is 2. The number of rotatable bonds is 7. The molecule has 6 heteroatoms. The van der Waals surface area contributed by atoms with Crippen molar-refractivity contribution in [1.82, 2.24) is 9.55 Å². The van der Waals surface area contributed by atoms with E-state index in [9.17, 15) is 0 Å². The van der Waals surface area contributed by atoms with E-state index in [1.807, 2.05) is 6.20 Å². The quantitative estimate of drug-likeness (QED) is 0.149. The van der Waals surface area contributed by atoms with E-state index in [0.717, 1.165) is 38.9 Å². The zero-order chi connectivity index (χ0) is 51.3. The third-order valence-electron chi connectivity index (χ3n) is 14.2. The minimum Gasteiger partial charge on any atom is -0.509 e. The van der Waals surface area contributed by atoms with Gasteiger partial charge in [-0.1, -0.05) is 193 Å². The van der Waals surface area contributed by atoms with E-state index in [2.05, 4.69) is 275 Å². The summed E-state index contributed by atoms with van der Waals surface area (Å²) in [7, 11) is 0. The number of hydrogen-bond donors (Lipinski definition) is 0. The summed E-state index contributed by atoms with van der Waals surface area (Å²) in [5, 5.41) is 2.24. The van der Waals surface area contributed by atoms with Crippen LogP contribution in [-0.2, 0) is 48.1 Å². The molecule has 0 saturated carbocycles. The van der Waals surface area contributed by atoms with E-state index in [0.29, 0.717) is 11.5 Å². The van der Waals surface area contributed by atoms with Gasteiger partial charge in [0.1, 0.15) is 5.82 Å². The summed E-state index contributed by atoms with van der Waals surface area (Å²) in [4.78, 5) is 9.85. The second-order valence-electron chi connectivity index (χ2n) is 26.6. The zero-order valence-electron chi connectivity index (χ0n) is 46.5. The Hall–Kier alpha value is -5.12. The van der Waals surface area contributed by atoms with Gasteiger partial charge in [0.2, 0.25) is 0 Å². The first-order valence-electron chi connectivity index (χ1n) is 25.4. The Morgan fingerprint density at radius 1 is 0.451 bits per heavy atom. The second-order valence-corrected chi connectivity index (χ2v) is 26.6. The monoisotopic (exact) mass is 1130 g/mol. The number of ether oxygens (including phenoxy) is 1. The molecule has 0 saturated heterocycles. The Balaban J connectivity index is 0.00000741. The van der Waals surface area contributed by atoms with Gasteiger partial charge in [0, 0.05) is 77.6 Å². The number of anilines is 2. The number of benzene rings is 5. The molecule has 0 fully saturated rings. The Morgan fingerprint density at radius 2 is 1.01 bits per heavy atom. The predicted molar refractivity (Wildman–Crippen MR) is 298 cm³/mol. The van der Waals surface area contributed by atoms with Gasteiger partial charge in [-0.05, 0) is 85.2 Å². The van der Waals surface area contributed by atoms with Gasteiger partial charge >= 0.3 is 0 Å². The van der Waals surface area contributed by atoms with Crippen molar-refractivity contribution < 1.29 is 25.8 Å². The smallest absolute Gasteiger partial charge is 0.135 e. The standard InChI is InChI=1S/C65H79N4O.Pt/c1-59(2,3)43-30-31-66-56(38-43)69-54-29-26-44(65(19,20)42-24-22-21-23-25-42)37-53(54)52-28-27-50(40-55(52)69)70-51-36-47(62(10,11)12)35-49(39-51)68-41-67(57(63(13,14)15)58(68)64(16,17)18)48-33-45(60(4,5)6)32-46(34-48)61(7,8)9;/h21-38,41H,1-20H3;/q-3;. The first kappa shape index (κ1) is 53.7. The van der Waals surface area contributed by atoms with E-state index < -0.39 is 0 Å². The van der Waals surface area contributed by atoms with Crippen LogP contribution in [0.5, 0.6) is 11.5 Å². The summed E-state index contributed by atoms with van der Waals surface area (Å²) in [6, 6.07) is 45.6. The molecule has 5 nitrogen and oxygen atoms in total. The Morgan fingerprint density at radius 3 is 1.58 bits per heavy atom. The van der Waals surface area contributed by atoms with Crippen LogP contribution in [0.1, 0.15) is 172 Å². The molecule has 0 radical (unpaired) electrons. The molecule has 1 aliphatic rings. The van der Waals surface area contributed by atoms with Gasteiger partial charge < -0.3 is 19.1 Å². The molecule has 5 aromatic carbocycles. The third-order valence-corrected chi connectivity index (χ3v) is 14.2. The molecular weight excluding hydrogens is 1050 g/mol. The van der Waals surface area contributed by atoms with Crippen LogP contribution >= 0.6 is 0 Å². The van der Waals surface area contributed by atoms with Crippen LogP contribution < -0.4 is 14.5 Å². The molecule has 0 aliphatic carbocycles. The minimum atomic E-state index is -0.227. The topological polar surface area (TPSA) is 33.5 Å². The van der Waals surface area contributed by atoms with Crippen molar-refractivity contribution in [1.29, 1.82) is 0 Å². The molecule has 3 heterocycles. The molecule has 0 N–H and O–H groups in total. The maximum Gasteiger partial charge on any atom is 0.135 e. The van der Waals surface area contributed by atoms with Crippen molar-refractivity contribution in [2.45, 2.75) is 166 Å². The maximum atomic E-state index is 7.04. The van der Waals surface area contributed by atoms with Crippen LogP contribution in [0.4, 0.5) is 11.4 Å². The van der Waals surface area contributed by atoms with Crippen LogP contribution in [0.25, 0.3) is 27.6 Å². The average molecular weight is 1130 g/mol. The van der Waals surface area contributed by atoms with Gasteiger partial charge in [-0.15, -0.1) is 53.6 Å². The van der Waals surface area contributed by atoms with Crippen molar-refractivity contribution in [3.63, 3.8) is 0 Å². The summed E-state index contributed by atoms with van der Waals surface area (Å²) in [5.41, 5.74) is 13.2. The van der Waals surface area contributed by atoms with Crippen molar-refractivity contribution in [3.05, 3.63) is 173 Å². The van der Waals surface area contributed by atoms with Gasteiger partial charge in [0.15, 0.2) is 0 Å². The van der Waals surface area contributed by atoms with E-state index in [1.165, 1.54) is 44.9 Å². The van der Waals surface area contributed by atoms with Crippen LogP contribution in [0.2, 0.25) is 0 Å². The van der Waals surface area contributed by atoms with Crippen LogP contribution in [0, 0.1) is 29.6 Å². The molecule has 7 aromatic rings. The molecule has 0 unspecified atom stereocenters. The second kappa shape index (κ2) is 18.4. The number of hydrogen-bond acceptors (Lipinski definition) is 4. The summed E-state index contributed by atoms with van der Waals surface area (Å²) in [6.45, 7) is 48.4. The van der Waals surface area contributed by atoms with Crippen LogP contribution in [0.3, 0.4) is 0 Å². The molecule has 0 bridgehead atoms. The van der Waals surface area contributed by atoms with Crippen LogP contribution in [0.15, 0.2) is 121 Å². The van der Waals surface area contributed by atoms with E-state index in [4.69, 9.17) is 9.72 Å². The number of fused-ring (bicyclic) bond motifs is 3. The summed E-state index contributed by atoms with van der Waals surface area (Å²) in [6.07, 6.45) is 1.93. The Bertz CT molecular complexity index is 3100. The molecule has 0 amide bonds. The molecule has 1 aliphatic heterocycles. The number of allylic oxidation sites excluding steroid dienone is 2. The van der Waals surface area contributed by atoms with Crippen molar-refractivity contribution in [3.8, 4) is 17.3 Å². The van der Waals surface area contributed by atoms with Crippen LogP contribution in [-0.4, -0.2) is 9.55 Å². The molecule has 71 heavy (non-hydrogen) atoms. The van der Waals surface area contributed by atoms with Gasteiger partial charge in [0.25, 0.3) is 0 Å². The summed E-state index contributed by atoms with van der Waals surface area (Å²) < 4.78 is 9.30. The Labute approximate surface area is 442 Å². The van der Waals surface area contributed by atoms with Gasteiger partial charge in [-0.2, -0.15) is 6.07 Å². The largest absolute Gasteiger partial charge is 0.509 e. The van der Waals surface area contributed by atoms with Gasteiger partial charge in [-0.3, -0.25) is 0 Å². The van der Waals surface area contributed by atoms with Crippen molar-refractivity contribution in [2.75, 3.05) is 9.80 Å². The fraction of sp³-hybridized carbons (Fsp3) is 0.415. The molecule has 0 atom stereocenters. The minimum absolute atomic E-state index is 0. The van der Waals surface area contributed by atoms with E-state index in [-0.39, 0.29) is 59.0 Å². The summed E-state index contributed by atoms with van der Waals surface area (Å²) >= 11 is 0. The predicted octanol–water partition coefficient (Wildman–Crippen LogP) is 17.8. The van der Waals surface area contributed by atoms with Gasteiger partial charge in [0.05, 0.1) is 0 Å². The Kier molecular flexibility index (Phi) is 13.9. The third kappa shape index (κ3) is 10.7. The maximum absolute atomic E-state index is 7.04. The SMILES string of the molecule is CC(C)(C)C1=C(C(C)(C)C)N(c2cc(C(C)(C)C)cc(C(C)(C)C)c2)[CH-]N1c1[c-]c(Oc2[c-]c3c(cc2)c2cc(C(C)(C)c4ccccc4)ccc2n3-c2cc(C(C)(C)C)ccn2)cc(C(C)(C)C)c1.[Pt].